The molecule has 3 heteroatoms. The standard InChI is InChI=1S/C14H30N2O/c1-14(2,12-15-8-4-5-10-17)13-7-6-9-16(3)11-13/h13,15,17H,4-12H2,1-3H3. The fourth-order valence-electron chi connectivity index (χ4n) is 2.72. The van der Waals surface area contributed by atoms with Crippen molar-refractivity contribution in [2.45, 2.75) is 39.5 Å². The second-order valence-electron chi connectivity index (χ2n) is 6.20. The Morgan fingerprint density at radius 3 is 2.76 bits per heavy atom. The van der Waals surface area contributed by atoms with Crippen LogP contribution in [0.2, 0.25) is 0 Å². The molecular weight excluding hydrogens is 212 g/mol. The van der Waals surface area contributed by atoms with Gasteiger partial charge in [-0.15, -0.1) is 0 Å². The molecule has 0 aromatic carbocycles. The number of rotatable bonds is 7. The Balaban J connectivity index is 2.24. The Morgan fingerprint density at radius 2 is 2.12 bits per heavy atom. The number of aliphatic hydroxyl groups excluding tert-OH is 1. The highest BCUT2D eigenvalue weighted by Crippen LogP contribution is 2.32. The maximum atomic E-state index is 8.73. The Hall–Kier alpha value is -0.120. The summed E-state index contributed by atoms with van der Waals surface area (Å²) in [6.45, 7) is 9.72. The lowest BCUT2D eigenvalue weighted by molar-refractivity contribution is 0.103. The zero-order valence-electron chi connectivity index (χ0n) is 11.8. The van der Waals surface area contributed by atoms with E-state index in [1.807, 2.05) is 0 Å². The van der Waals surface area contributed by atoms with Crippen LogP contribution in [0.15, 0.2) is 0 Å². The minimum atomic E-state index is 0.318. The molecular formula is C14H30N2O. The van der Waals surface area contributed by atoms with Gasteiger partial charge in [0, 0.05) is 19.7 Å². The highest BCUT2D eigenvalue weighted by Gasteiger charge is 2.31. The Bertz CT molecular complexity index is 206. The molecule has 1 saturated heterocycles. The van der Waals surface area contributed by atoms with Gasteiger partial charge in [0.1, 0.15) is 0 Å². The quantitative estimate of drug-likeness (QED) is 0.667. The molecule has 1 rings (SSSR count). The van der Waals surface area contributed by atoms with E-state index in [4.69, 9.17) is 5.11 Å². The highest BCUT2D eigenvalue weighted by atomic mass is 16.2. The average Bonchev–Trinajstić information content (AvgIpc) is 2.29. The molecule has 1 aliphatic rings. The molecule has 17 heavy (non-hydrogen) atoms. The maximum Gasteiger partial charge on any atom is 0.0431 e. The predicted octanol–water partition coefficient (Wildman–Crippen LogP) is 1.72. The van der Waals surface area contributed by atoms with E-state index in [2.05, 4.69) is 31.1 Å². The highest BCUT2D eigenvalue weighted by molar-refractivity contribution is 4.85. The summed E-state index contributed by atoms with van der Waals surface area (Å²) in [5.41, 5.74) is 0.383. The molecule has 3 nitrogen and oxygen atoms in total. The molecule has 1 unspecified atom stereocenters. The molecule has 0 amide bonds. The van der Waals surface area contributed by atoms with Crippen molar-refractivity contribution in [1.29, 1.82) is 0 Å². The number of nitrogens with one attached hydrogen (secondary N) is 1. The lowest BCUT2D eigenvalue weighted by Gasteiger charge is -2.40. The van der Waals surface area contributed by atoms with Gasteiger partial charge in [-0.25, -0.2) is 0 Å². The van der Waals surface area contributed by atoms with Crippen molar-refractivity contribution in [2.75, 3.05) is 39.8 Å². The molecule has 1 aliphatic heterocycles. The van der Waals surface area contributed by atoms with Crippen LogP contribution in [-0.4, -0.2) is 49.8 Å². The van der Waals surface area contributed by atoms with Crippen LogP contribution in [0.25, 0.3) is 0 Å². The van der Waals surface area contributed by atoms with Crippen molar-refractivity contribution < 1.29 is 5.11 Å². The molecule has 0 bridgehead atoms. The van der Waals surface area contributed by atoms with E-state index in [0.717, 1.165) is 31.8 Å². The van der Waals surface area contributed by atoms with Crippen LogP contribution in [0.5, 0.6) is 0 Å². The number of aliphatic hydroxyl groups is 1. The van der Waals surface area contributed by atoms with Gasteiger partial charge in [0.2, 0.25) is 0 Å². The van der Waals surface area contributed by atoms with E-state index < -0.39 is 0 Å². The first kappa shape index (κ1) is 14.9. The SMILES string of the molecule is CN1CCCC(C(C)(C)CNCCCCO)C1. The second-order valence-corrected chi connectivity index (χ2v) is 6.20. The summed E-state index contributed by atoms with van der Waals surface area (Å²) in [4.78, 5) is 2.46. The minimum absolute atomic E-state index is 0.318. The van der Waals surface area contributed by atoms with Gasteiger partial charge in [-0.1, -0.05) is 13.8 Å². The summed E-state index contributed by atoms with van der Waals surface area (Å²) in [7, 11) is 2.23. The lowest BCUT2D eigenvalue weighted by Crippen LogP contribution is -2.44. The molecule has 0 saturated carbocycles. The number of piperidine rings is 1. The van der Waals surface area contributed by atoms with E-state index in [1.54, 1.807) is 0 Å². The van der Waals surface area contributed by atoms with E-state index in [1.165, 1.54) is 25.9 Å². The lowest BCUT2D eigenvalue weighted by atomic mass is 9.74. The number of nitrogens with zero attached hydrogens (tertiary/aromatic N) is 1. The summed E-state index contributed by atoms with van der Waals surface area (Å²) in [5, 5.41) is 12.3. The van der Waals surface area contributed by atoms with Crippen molar-refractivity contribution in [2.24, 2.45) is 11.3 Å². The monoisotopic (exact) mass is 242 g/mol. The summed E-state index contributed by atoms with van der Waals surface area (Å²) >= 11 is 0. The molecule has 0 aromatic rings. The van der Waals surface area contributed by atoms with E-state index in [0.29, 0.717) is 12.0 Å². The second kappa shape index (κ2) is 7.34. The molecule has 2 N–H and O–H groups in total. The van der Waals surface area contributed by atoms with Crippen LogP contribution in [0.1, 0.15) is 39.5 Å². The average molecular weight is 242 g/mol. The van der Waals surface area contributed by atoms with Gasteiger partial charge in [0.25, 0.3) is 0 Å². The number of hydrogen-bond acceptors (Lipinski definition) is 3. The first-order valence-corrected chi connectivity index (χ1v) is 7.06. The summed E-state index contributed by atoms with van der Waals surface area (Å²) in [6.07, 6.45) is 4.71. The Labute approximate surface area is 107 Å². The van der Waals surface area contributed by atoms with Crippen molar-refractivity contribution in [3.8, 4) is 0 Å². The first-order valence-electron chi connectivity index (χ1n) is 7.06. The molecule has 0 aliphatic carbocycles. The number of unbranched alkanes of at least 4 members (excludes halogenated alkanes) is 1. The summed E-state index contributed by atoms with van der Waals surface area (Å²) < 4.78 is 0. The number of hydrogen-bond donors (Lipinski definition) is 2. The first-order chi connectivity index (χ1) is 8.06. The van der Waals surface area contributed by atoms with Crippen LogP contribution in [-0.2, 0) is 0 Å². The van der Waals surface area contributed by atoms with Crippen LogP contribution >= 0.6 is 0 Å². The van der Waals surface area contributed by atoms with Crippen LogP contribution in [0.4, 0.5) is 0 Å². The third kappa shape index (κ3) is 5.36. The van der Waals surface area contributed by atoms with Gasteiger partial charge in [0.15, 0.2) is 0 Å². The topological polar surface area (TPSA) is 35.5 Å². The predicted molar refractivity (Wildman–Crippen MR) is 73.2 cm³/mol. The third-order valence-corrected chi connectivity index (χ3v) is 4.07. The molecule has 0 spiro atoms. The zero-order valence-corrected chi connectivity index (χ0v) is 11.8. The van der Waals surface area contributed by atoms with Gasteiger partial charge in [-0.05, 0) is 57.2 Å². The van der Waals surface area contributed by atoms with Crippen molar-refractivity contribution in [1.82, 2.24) is 10.2 Å². The van der Waals surface area contributed by atoms with E-state index in [-0.39, 0.29) is 0 Å². The number of likely N-dealkylation sites (tertiary alicyclic amines) is 1. The van der Waals surface area contributed by atoms with Gasteiger partial charge >= 0.3 is 0 Å². The third-order valence-electron chi connectivity index (χ3n) is 4.07. The summed E-state index contributed by atoms with van der Waals surface area (Å²) in [6, 6.07) is 0. The molecule has 1 heterocycles. The summed E-state index contributed by atoms with van der Waals surface area (Å²) in [5.74, 6) is 0.812. The van der Waals surface area contributed by atoms with E-state index in [9.17, 15) is 0 Å². The molecule has 0 aromatic heterocycles. The van der Waals surface area contributed by atoms with Crippen molar-refractivity contribution in [3.63, 3.8) is 0 Å². The molecule has 102 valence electrons. The van der Waals surface area contributed by atoms with Crippen molar-refractivity contribution in [3.05, 3.63) is 0 Å². The van der Waals surface area contributed by atoms with Gasteiger partial charge in [-0.3, -0.25) is 0 Å². The largest absolute Gasteiger partial charge is 0.396 e. The molecule has 1 atom stereocenters. The smallest absolute Gasteiger partial charge is 0.0431 e. The van der Waals surface area contributed by atoms with Gasteiger partial charge in [-0.2, -0.15) is 0 Å². The maximum absolute atomic E-state index is 8.73. The zero-order chi connectivity index (χ0) is 12.7. The van der Waals surface area contributed by atoms with Gasteiger partial charge in [0.05, 0.1) is 0 Å². The Morgan fingerprint density at radius 1 is 1.35 bits per heavy atom. The fourth-order valence-corrected chi connectivity index (χ4v) is 2.72. The van der Waals surface area contributed by atoms with Crippen molar-refractivity contribution >= 4 is 0 Å². The Kier molecular flexibility index (Phi) is 6.45. The molecule has 0 radical (unpaired) electrons. The van der Waals surface area contributed by atoms with Crippen LogP contribution < -0.4 is 5.32 Å². The van der Waals surface area contributed by atoms with Crippen LogP contribution in [0.3, 0.4) is 0 Å². The van der Waals surface area contributed by atoms with Crippen LogP contribution in [0, 0.1) is 11.3 Å². The molecule has 1 fully saturated rings. The normalized spacial score (nSPS) is 22.9. The van der Waals surface area contributed by atoms with Gasteiger partial charge < -0.3 is 15.3 Å². The van der Waals surface area contributed by atoms with E-state index >= 15 is 0 Å². The fraction of sp³-hybridized carbons (Fsp3) is 1.00. The minimum Gasteiger partial charge on any atom is -0.396 e.